The molecule has 0 bridgehead atoms. The van der Waals surface area contributed by atoms with Crippen LogP contribution in [0.1, 0.15) is 30.1 Å². The van der Waals surface area contributed by atoms with Gasteiger partial charge in [-0.05, 0) is 24.6 Å². The number of rotatable bonds is 0. The monoisotopic (exact) mass is 312 g/mol. The van der Waals surface area contributed by atoms with Gasteiger partial charge in [0.1, 0.15) is 11.4 Å². The maximum absolute atomic E-state index is 12.2. The van der Waals surface area contributed by atoms with E-state index in [9.17, 15) is 4.79 Å². The Bertz CT molecular complexity index is 488. The molecule has 90 valence electrons. The second-order valence-electron chi connectivity index (χ2n) is 4.85. The highest BCUT2D eigenvalue weighted by Crippen LogP contribution is 2.44. The second kappa shape index (κ2) is 4.02. The van der Waals surface area contributed by atoms with Crippen molar-refractivity contribution in [2.45, 2.75) is 30.6 Å². The summed E-state index contributed by atoms with van der Waals surface area (Å²) < 4.78 is 7.09. The molecule has 0 saturated carbocycles. The minimum atomic E-state index is -0.255. The molecule has 2 aliphatic heterocycles. The van der Waals surface area contributed by atoms with Crippen molar-refractivity contribution in [3.8, 4) is 5.75 Å². The molecule has 0 radical (unpaired) electrons. The maximum atomic E-state index is 12.2. The first kappa shape index (κ1) is 11.6. The highest BCUT2D eigenvalue weighted by Gasteiger charge is 2.45. The summed E-state index contributed by atoms with van der Waals surface area (Å²) in [5.74, 6) is 1.88. The minimum absolute atomic E-state index is 0.216. The fourth-order valence-corrected chi connectivity index (χ4v) is 4.23. The molecule has 1 aromatic rings. The minimum Gasteiger partial charge on any atom is -0.485 e. The highest BCUT2D eigenvalue weighted by atomic mass is 79.9. The van der Waals surface area contributed by atoms with E-state index in [0.29, 0.717) is 11.7 Å². The lowest BCUT2D eigenvalue weighted by Gasteiger charge is -2.34. The summed E-state index contributed by atoms with van der Waals surface area (Å²) in [4.78, 5) is 12.2. The Hall–Kier alpha value is -0.480. The average Bonchev–Trinajstić information content (AvgIpc) is 2.58. The van der Waals surface area contributed by atoms with E-state index < -0.39 is 0 Å². The van der Waals surface area contributed by atoms with E-state index >= 15 is 0 Å². The number of ether oxygens (including phenoxy) is 1. The van der Waals surface area contributed by atoms with Crippen molar-refractivity contribution in [3.63, 3.8) is 0 Å². The molecular weight excluding hydrogens is 300 g/mol. The molecule has 0 aromatic heterocycles. The summed E-state index contributed by atoms with van der Waals surface area (Å²) in [6.07, 6.45) is 1.49. The van der Waals surface area contributed by atoms with Gasteiger partial charge in [0, 0.05) is 15.5 Å². The fourth-order valence-electron chi connectivity index (χ4n) is 2.60. The summed E-state index contributed by atoms with van der Waals surface area (Å²) in [6, 6.07) is 5.64. The number of ketones is 1. The Morgan fingerprint density at radius 2 is 2.35 bits per heavy atom. The highest BCUT2D eigenvalue weighted by molar-refractivity contribution is 9.10. The van der Waals surface area contributed by atoms with Crippen LogP contribution in [0.3, 0.4) is 0 Å². The molecule has 17 heavy (non-hydrogen) atoms. The topological polar surface area (TPSA) is 26.3 Å². The van der Waals surface area contributed by atoms with E-state index in [2.05, 4.69) is 22.9 Å². The molecule has 0 N–H and O–H groups in total. The van der Waals surface area contributed by atoms with Gasteiger partial charge in [-0.3, -0.25) is 4.79 Å². The van der Waals surface area contributed by atoms with Gasteiger partial charge in [0.25, 0.3) is 0 Å². The van der Waals surface area contributed by atoms with Gasteiger partial charge < -0.3 is 4.74 Å². The molecule has 1 aromatic carbocycles. The molecule has 4 heteroatoms. The number of halogens is 1. The van der Waals surface area contributed by atoms with E-state index in [1.54, 1.807) is 0 Å². The number of carbonyl (C=O) groups is 1. The van der Waals surface area contributed by atoms with Crippen LogP contribution in [0, 0.1) is 0 Å². The molecule has 2 atom stereocenters. The van der Waals surface area contributed by atoms with Crippen LogP contribution in [0.25, 0.3) is 0 Å². The van der Waals surface area contributed by atoms with Gasteiger partial charge >= 0.3 is 0 Å². The van der Waals surface area contributed by atoms with Crippen molar-refractivity contribution in [1.82, 2.24) is 0 Å². The summed E-state index contributed by atoms with van der Waals surface area (Å²) >= 11 is 5.32. The van der Waals surface area contributed by atoms with Gasteiger partial charge in [0.05, 0.1) is 12.0 Å². The van der Waals surface area contributed by atoms with Crippen LogP contribution in [0.4, 0.5) is 0 Å². The van der Waals surface area contributed by atoms with Crippen molar-refractivity contribution >= 4 is 33.5 Å². The van der Waals surface area contributed by atoms with Gasteiger partial charge in [-0.2, -0.15) is 11.8 Å². The van der Waals surface area contributed by atoms with Crippen molar-refractivity contribution < 1.29 is 9.53 Å². The molecule has 1 spiro atoms. The third kappa shape index (κ3) is 2.02. The number of carbonyl (C=O) groups excluding carboxylic acids is 1. The first-order valence-corrected chi connectivity index (χ1v) is 7.56. The van der Waals surface area contributed by atoms with E-state index in [1.807, 2.05) is 30.0 Å². The third-order valence-electron chi connectivity index (χ3n) is 3.34. The van der Waals surface area contributed by atoms with E-state index in [1.165, 1.54) is 0 Å². The lowest BCUT2D eigenvalue weighted by Crippen LogP contribution is -2.42. The Morgan fingerprint density at radius 1 is 1.53 bits per heavy atom. The van der Waals surface area contributed by atoms with Crippen LogP contribution >= 0.6 is 27.7 Å². The zero-order valence-electron chi connectivity index (χ0n) is 9.53. The van der Waals surface area contributed by atoms with Gasteiger partial charge in [-0.15, -0.1) is 0 Å². The zero-order valence-corrected chi connectivity index (χ0v) is 11.9. The van der Waals surface area contributed by atoms with Gasteiger partial charge in [-0.1, -0.05) is 22.9 Å². The Balaban J connectivity index is 2.00. The van der Waals surface area contributed by atoms with E-state index in [-0.39, 0.29) is 11.4 Å². The third-order valence-corrected chi connectivity index (χ3v) is 5.27. The smallest absolute Gasteiger partial charge is 0.170 e. The number of benzene rings is 1. The number of hydrogen-bond acceptors (Lipinski definition) is 3. The average molecular weight is 313 g/mol. The zero-order chi connectivity index (χ0) is 12.0. The fraction of sp³-hybridized carbons (Fsp3) is 0.462. The van der Waals surface area contributed by atoms with Crippen LogP contribution in [0.2, 0.25) is 0 Å². The number of Topliss-reactive ketones (excluding diaryl/α,β-unsaturated/α-hetero) is 1. The van der Waals surface area contributed by atoms with Crippen LogP contribution in [-0.4, -0.2) is 22.4 Å². The van der Waals surface area contributed by atoms with Crippen molar-refractivity contribution in [2.75, 3.05) is 5.75 Å². The molecule has 0 amide bonds. The summed E-state index contributed by atoms with van der Waals surface area (Å²) in [5, 5.41) is 0.580. The van der Waals surface area contributed by atoms with Crippen LogP contribution < -0.4 is 4.74 Å². The maximum Gasteiger partial charge on any atom is 0.170 e. The largest absolute Gasteiger partial charge is 0.485 e. The lowest BCUT2D eigenvalue weighted by molar-refractivity contribution is 0.0541. The Kier molecular flexibility index (Phi) is 2.75. The Morgan fingerprint density at radius 3 is 3.06 bits per heavy atom. The van der Waals surface area contributed by atoms with E-state index in [4.69, 9.17) is 4.74 Å². The summed E-state index contributed by atoms with van der Waals surface area (Å²) in [6.45, 7) is 2.20. The molecule has 3 rings (SSSR count). The summed E-state index contributed by atoms with van der Waals surface area (Å²) in [7, 11) is 0. The van der Waals surface area contributed by atoms with Gasteiger partial charge in [0.15, 0.2) is 5.78 Å². The standard InChI is InChI=1S/C13H13BrO2S/c1-8-5-13(7-17-8)6-11(15)10-3-2-9(14)4-12(10)16-13/h2-4,8H,5-7H2,1H3. The molecule has 2 nitrogen and oxygen atoms in total. The summed E-state index contributed by atoms with van der Waals surface area (Å²) in [5.41, 5.74) is 0.470. The van der Waals surface area contributed by atoms with Crippen molar-refractivity contribution in [2.24, 2.45) is 0 Å². The van der Waals surface area contributed by atoms with Crippen LogP contribution in [0.15, 0.2) is 22.7 Å². The molecule has 2 aliphatic rings. The molecular formula is C13H13BrO2S. The first-order valence-electron chi connectivity index (χ1n) is 5.71. The van der Waals surface area contributed by atoms with Crippen LogP contribution in [0.5, 0.6) is 5.75 Å². The molecule has 1 fully saturated rings. The predicted molar refractivity (Wildman–Crippen MR) is 73.0 cm³/mol. The van der Waals surface area contributed by atoms with Crippen molar-refractivity contribution in [3.05, 3.63) is 28.2 Å². The molecule has 2 heterocycles. The quantitative estimate of drug-likeness (QED) is 0.731. The first-order chi connectivity index (χ1) is 8.08. The van der Waals surface area contributed by atoms with Gasteiger partial charge in [-0.25, -0.2) is 0 Å². The van der Waals surface area contributed by atoms with E-state index in [0.717, 1.165) is 28.0 Å². The molecule has 0 aliphatic carbocycles. The Labute approximate surface area is 113 Å². The number of thioether (sulfide) groups is 1. The van der Waals surface area contributed by atoms with Crippen LogP contribution in [-0.2, 0) is 0 Å². The number of fused-ring (bicyclic) bond motifs is 1. The van der Waals surface area contributed by atoms with Crippen molar-refractivity contribution in [1.29, 1.82) is 0 Å². The van der Waals surface area contributed by atoms with Gasteiger partial charge in [0.2, 0.25) is 0 Å². The number of hydrogen-bond donors (Lipinski definition) is 0. The lowest BCUT2D eigenvalue weighted by atomic mass is 9.88. The molecule has 1 saturated heterocycles. The second-order valence-corrected chi connectivity index (χ2v) is 7.19. The SMILES string of the molecule is CC1CC2(CS1)CC(=O)c1ccc(Br)cc1O2. The molecule has 2 unspecified atom stereocenters. The predicted octanol–water partition coefficient (Wildman–Crippen LogP) is 3.68. The normalized spacial score (nSPS) is 31.4.